The summed E-state index contributed by atoms with van der Waals surface area (Å²) in [4.78, 5) is 2.38. The monoisotopic (exact) mass is 419 g/mol. The van der Waals surface area contributed by atoms with Crippen LogP contribution in [0.25, 0.3) is 0 Å². The molecule has 5 nitrogen and oxygen atoms in total. The van der Waals surface area contributed by atoms with E-state index in [1.54, 1.807) is 14.2 Å². The molecule has 0 radical (unpaired) electrons. The highest BCUT2D eigenvalue weighted by atomic mass is 79.9. The van der Waals surface area contributed by atoms with E-state index >= 15 is 0 Å². The van der Waals surface area contributed by atoms with E-state index in [1.807, 2.05) is 12.1 Å². The van der Waals surface area contributed by atoms with Gasteiger partial charge in [0.05, 0.1) is 18.7 Å². The van der Waals surface area contributed by atoms with Crippen LogP contribution in [0.4, 0.5) is 0 Å². The highest BCUT2D eigenvalue weighted by Crippen LogP contribution is 2.54. The Bertz CT molecular complexity index is 822. The Hall–Kier alpha value is -1.92. The number of likely N-dealkylation sites (N-methyl/N-ethyl adjacent to an activating group) is 1. The molecule has 0 amide bonds. The van der Waals surface area contributed by atoms with Gasteiger partial charge >= 0.3 is 0 Å². The number of nitrogens with zero attached hydrogens (tertiary/aromatic N) is 1. The van der Waals surface area contributed by atoms with Crippen LogP contribution >= 0.6 is 15.9 Å². The standard InChI is InChI=1S/C20H22BrNO4/c1-22-9-8-14-16(15(22)10-12-4-6-13(23-2)7-5-12)18(24-3)20-19(17(14)21)25-11-26-20/h4-7,15H,8-11H2,1-3H3. The molecule has 2 aliphatic heterocycles. The van der Waals surface area contributed by atoms with Crippen molar-refractivity contribution >= 4 is 15.9 Å². The average molecular weight is 420 g/mol. The third-order valence-corrected chi connectivity index (χ3v) is 6.06. The molecule has 0 aliphatic carbocycles. The molecule has 6 heteroatoms. The summed E-state index contributed by atoms with van der Waals surface area (Å²) in [5.74, 6) is 3.12. The van der Waals surface area contributed by atoms with Crippen molar-refractivity contribution < 1.29 is 18.9 Å². The van der Waals surface area contributed by atoms with Gasteiger partial charge in [0.1, 0.15) is 5.75 Å². The number of rotatable bonds is 4. The number of hydrogen-bond donors (Lipinski definition) is 0. The summed E-state index contributed by atoms with van der Waals surface area (Å²) >= 11 is 3.74. The molecule has 0 bridgehead atoms. The fourth-order valence-corrected chi connectivity index (χ4v) is 4.54. The van der Waals surface area contributed by atoms with Crippen molar-refractivity contribution in [3.63, 3.8) is 0 Å². The fourth-order valence-electron chi connectivity index (χ4n) is 3.83. The molecule has 26 heavy (non-hydrogen) atoms. The quantitative estimate of drug-likeness (QED) is 0.749. The van der Waals surface area contributed by atoms with Crippen molar-refractivity contribution in [1.29, 1.82) is 0 Å². The van der Waals surface area contributed by atoms with Gasteiger partial charge < -0.3 is 18.9 Å². The molecule has 1 unspecified atom stereocenters. The molecule has 2 aliphatic rings. The number of methoxy groups -OCH3 is 2. The van der Waals surface area contributed by atoms with Crippen molar-refractivity contribution in [3.8, 4) is 23.0 Å². The first-order valence-corrected chi connectivity index (χ1v) is 9.44. The van der Waals surface area contributed by atoms with Crippen LogP contribution < -0.4 is 18.9 Å². The highest BCUT2D eigenvalue weighted by Gasteiger charge is 2.36. The van der Waals surface area contributed by atoms with E-state index in [2.05, 4.69) is 40.0 Å². The summed E-state index contributed by atoms with van der Waals surface area (Å²) in [7, 11) is 5.55. The Morgan fingerprint density at radius 2 is 1.85 bits per heavy atom. The average Bonchev–Trinajstić information content (AvgIpc) is 3.15. The maximum absolute atomic E-state index is 5.79. The number of benzene rings is 2. The lowest BCUT2D eigenvalue weighted by Crippen LogP contribution is -2.34. The molecule has 4 rings (SSSR count). The van der Waals surface area contributed by atoms with E-state index in [0.29, 0.717) is 5.75 Å². The molecule has 0 saturated carbocycles. The molecule has 0 spiro atoms. The Morgan fingerprint density at radius 3 is 2.54 bits per heavy atom. The summed E-state index contributed by atoms with van der Waals surface area (Å²) in [6.45, 7) is 1.21. The number of ether oxygens (including phenoxy) is 4. The summed E-state index contributed by atoms with van der Waals surface area (Å²) < 4.78 is 23.4. The minimum Gasteiger partial charge on any atom is -0.497 e. The maximum atomic E-state index is 5.79. The number of fused-ring (bicyclic) bond motifs is 2. The molecular weight excluding hydrogens is 398 g/mol. The van der Waals surface area contributed by atoms with E-state index in [9.17, 15) is 0 Å². The molecule has 1 atom stereocenters. The van der Waals surface area contributed by atoms with Gasteiger partial charge in [-0.05, 0) is 59.1 Å². The lowest BCUT2D eigenvalue weighted by atomic mass is 9.87. The van der Waals surface area contributed by atoms with Crippen molar-refractivity contribution in [3.05, 3.63) is 45.4 Å². The second-order valence-electron chi connectivity index (χ2n) is 6.60. The zero-order chi connectivity index (χ0) is 18.3. The van der Waals surface area contributed by atoms with Gasteiger partial charge in [-0.3, -0.25) is 4.90 Å². The first kappa shape index (κ1) is 17.5. The number of halogens is 1. The molecular formula is C20H22BrNO4. The summed E-state index contributed by atoms with van der Waals surface area (Å²) in [6.07, 6.45) is 1.83. The zero-order valence-electron chi connectivity index (χ0n) is 15.2. The Balaban J connectivity index is 1.79. The second-order valence-corrected chi connectivity index (χ2v) is 7.40. The van der Waals surface area contributed by atoms with E-state index < -0.39 is 0 Å². The van der Waals surface area contributed by atoms with Crippen LogP contribution in [0.2, 0.25) is 0 Å². The van der Waals surface area contributed by atoms with Crippen molar-refractivity contribution in [2.45, 2.75) is 18.9 Å². The normalized spacial score (nSPS) is 18.5. The van der Waals surface area contributed by atoms with Crippen LogP contribution in [0.3, 0.4) is 0 Å². The van der Waals surface area contributed by atoms with Crippen LogP contribution in [0.15, 0.2) is 28.7 Å². The van der Waals surface area contributed by atoms with Gasteiger partial charge in [0.25, 0.3) is 0 Å². The fraction of sp³-hybridized carbons (Fsp3) is 0.400. The predicted molar refractivity (Wildman–Crippen MR) is 103 cm³/mol. The minimum absolute atomic E-state index is 0.202. The zero-order valence-corrected chi connectivity index (χ0v) is 16.8. The third-order valence-electron chi connectivity index (χ3n) is 5.23. The van der Waals surface area contributed by atoms with E-state index in [4.69, 9.17) is 18.9 Å². The third kappa shape index (κ3) is 2.81. The van der Waals surface area contributed by atoms with E-state index in [-0.39, 0.29) is 12.8 Å². The molecule has 0 fully saturated rings. The van der Waals surface area contributed by atoms with Crippen LogP contribution in [0.5, 0.6) is 23.0 Å². The Kier molecular flexibility index (Phi) is 4.71. The molecule has 2 aromatic carbocycles. The molecule has 2 heterocycles. The Morgan fingerprint density at radius 1 is 1.12 bits per heavy atom. The SMILES string of the molecule is COc1ccc(CC2c3c(c(Br)c4c(c3OC)OCO4)CCN2C)cc1. The van der Waals surface area contributed by atoms with Gasteiger partial charge in [0, 0.05) is 18.2 Å². The van der Waals surface area contributed by atoms with Crippen LogP contribution in [-0.2, 0) is 12.8 Å². The van der Waals surface area contributed by atoms with Crippen LogP contribution in [-0.4, -0.2) is 39.5 Å². The first-order valence-electron chi connectivity index (χ1n) is 8.65. The lowest BCUT2D eigenvalue weighted by molar-refractivity contribution is 0.170. The van der Waals surface area contributed by atoms with E-state index in [1.165, 1.54) is 16.7 Å². The van der Waals surface area contributed by atoms with Gasteiger partial charge in [-0.15, -0.1) is 0 Å². The van der Waals surface area contributed by atoms with Crippen molar-refractivity contribution in [2.75, 3.05) is 34.6 Å². The van der Waals surface area contributed by atoms with Gasteiger partial charge in [-0.2, -0.15) is 0 Å². The Labute approximate surface area is 161 Å². The van der Waals surface area contributed by atoms with Gasteiger partial charge in [-0.1, -0.05) is 12.1 Å². The number of hydrogen-bond acceptors (Lipinski definition) is 5. The topological polar surface area (TPSA) is 40.2 Å². The first-order chi connectivity index (χ1) is 12.6. The molecule has 138 valence electrons. The highest BCUT2D eigenvalue weighted by molar-refractivity contribution is 9.10. The molecule has 0 N–H and O–H groups in total. The van der Waals surface area contributed by atoms with Crippen molar-refractivity contribution in [1.82, 2.24) is 4.90 Å². The van der Waals surface area contributed by atoms with Crippen LogP contribution in [0, 0.1) is 0 Å². The molecule has 0 aromatic heterocycles. The summed E-state index contributed by atoms with van der Waals surface area (Å²) in [6, 6.07) is 8.45. The van der Waals surface area contributed by atoms with E-state index in [0.717, 1.165) is 41.1 Å². The minimum atomic E-state index is 0.202. The smallest absolute Gasteiger partial charge is 0.231 e. The van der Waals surface area contributed by atoms with Gasteiger partial charge in [0.15, 0.2) is 11.5 Å². The largest absolute Gasteiger partial charge is 0.497 e. The molecule has 2 aromatic rings. The van der Waals surface area contributed by atoms with Crippen LogP contribution in [0.1, 0.15) is 22.7 Å². The molecule has 0 saturated heterocycles. The summed E-state index contributed by atoms with van der Waals surface area (Å²) in [5, 5.41) is 0. The van der Waals surface area contributed by atoms with Gasteiger partial charge in [0.2, 0.25) is 12.5 Å². The maximum Gasteiger partial charge on any atom is 0.231 e. The lowest BCUT2D eigenvalue weighted by Gasteiger charge is -2.36. The van der Waals surface area contributed by atoms with Crippen molar-refractivity contribution in [2.24, 2.45) is 0 Å². The summed E-state index contributed by atoms with van der Waals surface area (Å²) in [5.41, 5.74) is 3.70. The van der Waals surface area contributed by atoms with Gasteiger partial charge in [-0.25, -0.2) is 0 Å². The second kappa shape index (κ2) is 7.00. The predicted octanol–water partition coefficient (Wildman–Crippen LogP) is 3.97.